The maximum atomic E-state index is 13.2. The van der Waals surface area contributed by atoms with Crippen molar-refractivity contribution in [3.8, 4) is 11.4 Å². The number of ether oxygens (including phenoxy) is 3. The van der Waals surface area contributed by atoms with Gasteiger partial charge in [0.2, 0.25) is 5.43 Å². The summed E-state index contributed by atoms with van der Waals surface area (Å²) in [7, 11) is 0. The first-order valence-corrected chi connectivity index (χ1v) is 15.7. The molecule has 1 aromatic heterocycles. The van der Waals surface area contributed by atoms with Gasteiger partial charge in [-0.3, -0.25) is 4.79 Å². The standard InChI is InChI=1S/C34H51NO6/c1-6-9-10-11-12-13-14-15-16-17-18-19-20-25-41-29-23-21-28(22-24-29)35-26(4)30(33(37)39-7-2)32(36)31(27(35)5)34(38)40-8-3/h21-24H,6-20,25H2,1-5H3. The first-order valence-electron chi connectivity index (χ1n) is 15.7. The van der Waals surface area contributed by atoms with Crippen LogP contribution in [0.2, 0.25) is 0 Å². The van der Waals surface area contributed by atoms with Crippen LogP contribution in [-0.2, 0) is 9.47 Å². The van der Waals surface area contributed by atoms with E-state index in [1.54, 1.807) is 32.3 Å². The molecule has 0 amide bonds. The van der Waals surface area contributed by atoms with Crippen molar-refractivity contribution in [2.75, 3.05) is 19.8 Å². The van der Waals surface area contributed by atoms with Crippen LogP contribution >= 0.6 is 0 Å². The molecular formula is C34H51NO6. The lowest BCUT2D eigenvalue weighted by atomic mass is 10.0. The van der Waals surface area contributed by atoms with Gasteiger partial charge in [0.05, 0.1) is 19.8 Å². The summed E-state index contributed by atoms with van der Waals surface area (Å²) in [6, 6.07) is 7.44. The van der Waals surface area contributed by atoms with Gasteiger partial charge in [-0.1, -0.05) is 84.0 Å². The van der Waals surface area contributed by atoms with Gasteiger partial charge in [0.15, 0.2) is 0 Å². The molecule has 0 fully saturated rings. The molecule has 7 nitrogen and oxygen atoms in total. The zero-order valence-corrected chi connectivity index (χ0v) is 26.0. The Morgan fingerprint density at radius 2 is 1.05 bits per heavy atom. The average molecular weight is 570 g/mol. The molecule has 1 heterocycles. The van der Waals surface area contributed by atoms with Crippen LogP contribution in [0, 0.1) is 13.8 Å². The largest absolute Gasteiger partial charge is 0.494 e. The fraction of sp³-hybridized carbons (Fsp3) is 0.618. The van der Waals surface area contributed by atoms with E-state index in [-0.39, 0.29) is 24.3 Å². The zero-order chi connectivity index (χ0) is 30.0. The Labute approximate surface area is 246 Å². The van der Waals surface area contributed by atoms with Gasteiger partial charge < -0.3 is 18.8 Å². The van der Waals surface area contributed by atoms with E-state index < -0.39 is 17.4 Å². The molecular weight excluding hydrogens is 518 g/mol. The molecule has 0 aliphatic rings. The van der Waals surface area contributed by atoms with E-state index in [2.05, 4.69) is 6.92 Å². The van der Waals surface area contributed by atoms with Crippen LogP contribution in [0.5, 0.6) is 5.75 Å². The van der Waals surface area contributed by atoms with Gasteiger partial charge >= 0.3 is 11.9 Å². The molecule has 41 heavy (non-hydrogen) atoms. The molecule has 2 rings (SSSR count). The van der Waals surface area contributed by atoms with Crippen LogP contribution in [0.15, 0.2) is 29.1 Å². The second kappa shape index (κ2) is 19.1. The fourth-order valence-corrected chi connectivity index (χ4v) is 5.20. The van der Waals surface area contributed by atoms with Gasteiger partial charge in [0.1, 0.15) is 16.9 Å². The number of hydrogen-bond acceptors (Lipinski definition) is 6. The molecule has 0 saturated carbocycles. The molecule has 0 spiro atoms. The molecule has 1 aromatic carbocycles. The van der Waals surface area contributed by atoms with E-state index in [1.165, 1.54) is 70.6 Å². The van der Waals surface area contributed by atoms with Crippen molar-refractivity contribution in [2.45, 2.75) is 118 Å². The molecule has 0 atom stereocenters. The lowest BCUT2D eigenvalue weighted by Gasteiger charge is -2.20. The van der Waals surface area contributed by atoms with E-state index in [4.69, 9.17) is 14.2 Å². The van der Waals surface area contributed by atoms with Gasteiger partial charge in [-0.25, -0.2) is 9.59 Å². The number of carbonyl (C=O) groups is 2. The highest BCUT2D eigenvalue weighted by atomic mass is 16.5. The summed E-state index contributed by atoms with van der Waals surface area (Å²) in [5.41, 5.74) is 0.501. The topological polar surface area (TPSA) is 83.8 Å². The van der Waals surface area contributed by atoms with E-state index >= 15 is 0 Å². The zero-order valence-electron chi connectivity index (χ0n) is 26.0. The Hall–Kier alpha value is -3.09. The third-order valence-corrected chi connectivity index (χ3v) is 7.42. The lowest BCUT2D eigenvalue weighted by Crippen LogP contribution is -2.31. The number of esters is 2. The average Bonchev–Trinajstić information content (AvgIpc) is 2.94. The van der Waals surface area contributed by atoms with Crippen LogP contribution < -0.4 is 10.2 Å². The fourth-order valence-electron chi connectivity index (χ4n) is 5.20. The maximum absolute atomic E-state index is 13.2. The Kier molecular flexibility index (Phi) is 15.9. The molecule has 0 radical (unpaired) electrons. The maximum Gasteiger partial charge on any atom is 0.343 e. The molecule has 0 bridgehead atoms. The van der Waals surface area contributed by atoms with Gasteiger partial charge in [-0.2, -0.15) is 0 Å². The van der Waals surface area contributed by atoms with Crippen LogP contribution in [0.3, 0.4) is 0 Å². The van der Waals surface area contributed by atoms with Gasteiger partial charge in [-0.05, 0) is 58.4 Å². The molecule has 0 unspecified atom stereocenters. The molecule has 7 heteroatoms. The van der Waals surface area contributed by atoms with Crippen molar-refractivity contribution in [3.05, 3.63) is 57.0 Å². The molecule has 0 N–H and O–H groups in total. The quantitative estimate of drug-likeness (QED) is 0.118. The number of aromatic nitrogens is 1. The second-order valence-electron chi connectivity index (χ2n) is 10.6. The second-order valence-corrected chi connectivity index (χ2v) is 10.6. The van der Waals surface area contributed by atoms with E-state index in [0.29, 0.717) is 23.7 Å². The summed E-state index contributed by atoms with van der Waals surface area (Å²) in [6.45, 7) is 9.85. The highest BCUT2D eigenvalue weighted by molar-refractivity contribution is 5.96. The number of benzene rings is 1. The highest BCUT2D eigenvalue weighted by Gasteiger charge is 2.27. The van der Waals surface area contributed by atoms with Crippen LogP contribution in [-0.4, -0.2) is 36.3 Å². The number of nitrogens with zero attached hydrogens (tertiary/aromatic N) is 1. The predicted octanol–water partition coefficient (Wildman–Crippen LogP) is 8.28. The summed E-state index contributed by atoms with van der Waals surface area (Å²) in [6.07, 6.45) is 17.1. The Morgan fingerprint density at radius 1 is 0.634 bits per heavy atom. The van der Waals surface area contributed by atoms with Crippen molar-refractivity contribution >= 4 is 11.9 Å². The minimum Gasteiger partial charge on any atom is -0.494 e. The van der Waals surface area contributed by atoms with Gasteiger partial charge in [0, 0.05) is 17.1 Å². The summed E-state index contributed by atoms with van der Waals surface area (Å²) >= 11 is 0. The van der Waals surface area contributed by atoms with E-state index in [9.17, 15) is 14.4 Å². The summed E-state index contributed by atoms with van der Waals surface area (Å²) < 4.78 is 17.9. The third kappa shape index (κ3) is 10.7. The Balaban J connectivity index is 1.91. The lowest BCUT2D eigenvalue weighted by molar-refractivity contribution is 0.0519. The van der Waals surface area contributed by atoms with Crippen LogP contribution in [0.1, 0.15) is 136 Å². The Morgan fingerprint density at radius 3 is 1.46 bits per heavy atom. The van der Waals surface area contributed by atoms with Crippen LogP contribution in [0.4, 0.5) is 0 Å². The van der Waals surface area contributed by atoms with E-state index in [0.717, 1.165) is 18.6 Å². The number of hydrogen-bond donors (Lipinski definition) is 0. The molecule has 2 aromatic rings. The molecule has 0 aliphatic carbocycles. The third-order valence-electron chi connectivity index (χ3n) is 7.42. The number of pyridine rings is 1. The summed E-state index contributed by atoms with van der Waals surface area (Å²) in [5.74, 6) is -0.764. The highest BCUT2D eigenvalue weighted by Crippen LogP contribution is 2.23. The van der Waals surface area contributed by atoms with Crippen molar-refractivity contribution in [1.82, 2.24) is 4.57 Å². The first kappa shape index (κ1) is 34.1. The monoisotopic (exact) mass is 569 g/mol. The summed E-state index contributed by atoms with van der Waals surface area (Å²) in [4.78, 5) is 38.5. The predicted molar refractivity (Wildman–Crippen MR) is 165 cm³/mol. The molecule has 0 saturated heterocycles. The Bertz CT molecular complexity index is 1090. The van der Waals surface area contributed by atoms with Crippen molar-refractivity contribution < 1.29 is 23.8 Å². The molecule has 228 valence electrons. The number of carbonyl (C=O) groups excluding carboxylic acids is 2. The van der Waals surface area contributed by atoms with E-state index in [1.807, 2.05) is 24.3 Å². The number of rotatable bonds is 20. The number of unbranched alkanes of at least 4 members (excludes halogenated alkanes) is 12. The smallest absolute Gasteiger partial charge is 0.343 e. The van der Waals surface area contributed by atoms with Crippen LogP contribution in [0.25, 0.3) is 5.69 Å². The normalized spacial score (nSPS) is 11.0. The SMILES string of the molecule is CCCCCCCCCCCCCCCOc1ccc(-n2c(C)c(C(=O)OCC)c(=O)c(C(=O)OCC)c2C)cc1. The molecule has 0 aliphatic heterocycles. The minimum atomic E-state index is -0.757. The van der Waals surface area contributed by atoms with Gasteiger partial charge in [0.25, 0.3) is 0 Å². The van der Waals surface area contributed by atoms with Crippen molar-refractivity contribution in [2.24, 2.45) is 0 Å². The first-order chi connectivity index (χ1) is 19.9. The minimum absolute atomic E-state index is 0.117. The van der Waals surface area contributed by atoms with Crippen molar-refractivity contribution in [1.29, 1.82) is 0 Å². The van der Waals surface area contributed by atoms with Gasteiger partial charge in [-0.15, -0.1) is 0 Å². The summed E-state index contributed by atoms with van der Waals surface area (Å²) in [5, 5.41) is 0. The van der Waals surface area contributed by atoms with Crippen molar-refractivity contribution in [3.63, 3.8) is 0 Å².